The van der Waals surface area contributed by atoms with Gasteiger partial charge in [0.1, 0.15) is 12.7 Å². The zero-order valence-electron chi connectivity index (χ0n) is 13.1. The minimum Gasteiger partial charge on any atom is -0.494 e. The van der Waals surface area contributed by atoms with Crippen molar-refractivity contribution in [1.82, 2.24) is 25.4 Å². The van der Waals surface area contributed by atoms with Gasteiger partial charge in [-0.1, -0.05) is 6.07 Å². The van der Waals surface area contributed by atoms with E-state index >= 15 is 0 Å². The van der Waals surface area contributed by atoms with E-state index < -0.39 is 5.82 Å². The Balaban J connectivity index is 1.74. The summed E-state index contributed by atoms with van der Waals surface area (Å²) in [6.45, 7) is 2.98. The van der Waals surface area contributed by atoms with Gasteiger partial charge in [0.05, 0.1) is 13.2 Å². The molecule has 1 aromatic heterocycles. The van der Waals surface area contributed by atoms with Crippen LogP contribution in [-0.4, -0.2) is 34.5 Å². The number of hydrogen-bond acceptors (Lipinski definition) is 4. The van der Waals surface area contributed by atoms with Crippen LogP contribution in [-0.2, 0) is 6.54 Å². The van der Waals surface area contributed by atoms with Gasteiger partial charge in [0.15, 0.2) is 11.6 Å². The zero-order valence-corrected chi connectivity index (χ0v) is 13.1. The van der Waals surface area contributed by atoms with Gasteiger partial charge in [-0.2, -0.15) is 5.10 Å². The number of aromatic nitrogens is 3. The van der Waals surface area contributed by atoms with E-state index in [0.717, 1.165) is 6.42 Å². The molecule has 2 aromatic rings. The maximum Gasteiger partial charge on any atom is 0.315 e. The monoisotopic (exact) mass is 321 g/mol. The lowest BCUT2D eigenvalue weighted by Crippen LogP contribution is -2.37. The standard InChI is InChI=1S/C15H20FN5O2/c1-11(12-4-5-14(23-2)13(16)8-12)20-15(22)18-6-3-7-21-10-17-9-19-21/h4-5,8-11H,3,6-7H2,1-2H3,(H2,18,20,22)/t11-/m1/s1. The molecule has 7 nitrogen and oxygen atoms in total. The molecule has 1 heterocycles. The van der Waals surface area contributed by atoms with Crippen molar-refractivity contribution >= 4 is 6.03 Å². The molecule has 8 heteroatoms. The molecule has 0 saturated carbocycles. The number of methoxy groups -OCH3 is 1. The molecular formula is C15H20FN5O2. The molecule has 23 heavy (non-hydrogen) atoms. The Kier molecular flexibility index (Phi) is 5.90. The van der Waals surface area contributed by atoms with Crippen LogP contribution in [0.25, 0.3) is 0 Å². The molecule has 124 valence electrons. The third-order valence-corrected chi connectivity index (χ3v) is 3.34. The summed E-state index contributed by atoms with van der Waals surface area (Å²) in [5, 5.41) is 9.49. The summed E-state index contributed by atoms with van der Waals surface area (Å²) in [6.07, 6.45) is 3.83. The summed E-state index contributed by atoms with van der Waals surface area (Å²) in [4.78, 5) is 15.7. The third kappa shape index (κ3) is 4.94. The predicted octanol–water partition coefficient (Wildman–Crippen LogP) is 1.88. The molecule has 0 aliphatic heterocycles. The van der Waals surface area contributed by atoms with Crippen LogP contribution >= 0.6 is 0 Å². The highest BCUT2D eigenvalue weighted by Gasteiger charge is 2.11. The highest BCUT2D eigenvalue weighted by atomic mass is 19.1. The van der Waals surface area contributed by atoms with Crippen LogP contribution in [0, 0.1) is 5.82 Å². The molecular weight excluding hydrogens is 301 g/mol. The van der Waals surface area contributed by atoms with Crippen LogP contribution in [0.5, 0.6) is 5.75 Å². The van der Waals surface area contributed by atoms with Gasteiger partial charge in [-0.3, -0.25) is 4.68 Å². The van der Waals surface area contributed by atoms with Crippen molar-refractivity contribution in [1.29, 1.82) is 0 Å². The summed E-state index contributed by atoms with van der Waals surface area (Å²) in [5.41, 5.74) is 0.668. The van der Waals surface area contributed by atoms with Crippen molar-refractivity contribution < 1.29 is 13.9 Å². The molecule has 0 aliphatic rings. The Hall–Kier alpha value is -2.64. The lowest BCUT2D eigenvalue weighted by atomic mass is 10.1. The molecule has 2 amide bonds. The maximum absolute atomic E-state index is 13.7. The van der Waals surface area contributed by atoms with Gasteiger partial charge in [-0.15, -0.1) is 0 Å². The van der Waals surface area contributed by atoms with Crippen molar-refractivity contribution in [3.63, 3.8) is 0 Å². The highest BCUT2D eigenvalue weighted by molar-refractivity contribution is 5.74. The number of ether oxygens (including phenoxy) is 1. The van der Waals surface area contributed by atoms with E-state index in [9.17, 15) is 9.18 Å². The van der Waals surface area contributed by atoms with E-state index in [-0.39, 0.29) is 17.8 Å². The van der Waals surface area contributed by atoms with Crippen molar-refractivity contribution in [3.8, 4) is 5.75 Å². The summed E-state index contributed by atoms with van der Waals surface area (Å²) in [7, 11) is 1.41. The summed E-state index contributed by atoms with van der Waals surface area (Å²) in [5.74, 6) is -0.273. The number of nitrogens with one attached hydrogen (secondary N) is 2. The van der Waals surface area contributed by atoms with E-state index in [1.807, 2.05) is 0 Å². The van der Waals surface area contributed by atoms with E-state index in [0.29, 0.717) is 18.7 Å². The van der Waals surface area contributed by atoms with Crippen molar-refractivity contribution in [2.24, 2.45) is 0 Å². The Morgan fingerprint density at radius 2 is 2.30 bits per heavy atom. The number of benzene rings is 1. The number of carbonyl (C=O) groups is 1. The molecule has 0 fully saturated rings. The Bertz CT molecular complexity index is 633. The number of carbonyl (C=O) groups excluding carboxylic acids is 1. The van der Waals surface area contributed by atoms with Crippen LogP contribution in [0.2, 0.25) is 0 Å². The zero-order chi connectivity index (χ0) is 16.7. The summed E-state index contributed by atoms with van der Waals surface area (Å²) < 4.78 is 20.2. The summed E-state index contributed by atoms with van der Waals surface area (Å²) >= 11 is 0. The first kappa shape index (κ1) is 16.7. The predicted molar refractivity (Wildman–Crippen MR) is 82.5 cm³/mol. The van der Waals surface area contributed by atoms with Gasteiger partial charge in [0.25, 0.3) is 0 Å². The van der Waals surface area contributed by atoms with Crippen molar-refractivity contribution in [2.75, 3.05) is 13.7 Å². The van der Waals surface area contributed by atoms with Crippen LogP contribution < -0.4 is 15.4 Å². The van der Waals surface area contributed by atoms with Crippen LogP contribution in [0.15, 0.2) is 30.9 Å². The van der Waals surface area contributed by atoms with Gasteiger partial charge in [-0.25, -0.2) is 14.2 Å². The minimum absolute atomic E-state index is 0.179. The number of aryl methyl sites for hydroxylation is 1. The molecule has 1 atom stereocenters. The van der Waals surface area contributed by atoms with E-state index in [2.05, 4.69) is 20.7 Å². The van der Waals surface area contributed by atoms with Crippen LogP contribution in [0.1, 0.15) is 24.9 Å². The van der Waals surface area contributed by atoms with Gasteiger partial charge >= 0.3 is 6.03 Å². The number of amides is 2. The lowest BCUT2D eigenvalue weighted by molar-refractivity contribution is 0.237. The molecule has 0 spiro atoms. The van der Waals surface area contributed by atoms with Gasteiger partial charge in [0.2, 0.25) is 0 Å². The fourth-order valence-corrected chi connectivity index (χ4v) is 2.07. The second-order valence-corrected chi connectivity index (χ2v) is 5.03. The first-order valence-electron chi connectivity index (χ1n) is 7.30. The second kappa shape index (κ2) is 8.11. The van der Waals surface area contributed by atoms with Crippen molar-refractivity contribution in [2.45, 2.75) is 25.9 Å². The number of hydrogen-bond donors (Lipinski definition) is 2. The number of rotatable bonds is 7. The van der Waals surface area contributed by atoms with E-state index in [4.69, 9.17) is 4.74 Å². The number of urea groups is 1. The van der Waals surface area contributed by atoms with Crippen molar-refractivity contribution in [3.05, 3.63) is 42.2 Å². The second-order valence-electron chi connectivity index (χ2n) is 5.03. The Labute approximate surface area is 133 Å². The normalized spacial score (nSPS) is 11.8. The number of halogens is 1. The topological polar surface area (TPSA) is 81.1 Å². The SMILES string of the molecule is COc1ccc([C@@H](C)NC(=O)NCCCn2cncn2)cc1F. The average molecular weight is 321 g/mol. The molecule has 0 bridgehead atoms. The van der Waals surface area contributed by atoms with Crippen LogP contribution in [0.4, 0.5) is 9.18 Å². The van der Waals surface area contributed by atoms with Gasteiger partial charge in [-0.05, 0) is 31.0 Å². The quantitative estimate of drug-likeness (QED) is 0.763. The Morgan fingerprint density at radius 1 is 1.48 bits per heavy atom. The fourth-order valence-electron chi connectivity index (χ4n) is 2.07. The summed E-state index contributed by atoms with van der Waals surface area (Å²) in [6, 6.07) is 4.00. The van der Waals surface area contributed by atoms with Crippen LogP contribution in [0.3, 0.4) is 0 Å². The molecule has 1 aromatic carbocycles. The van der Waals surface area contributed by atoms with E-state index in [1.54, 1.807) is 30.1 Å². The van der Waals surface area contributed by atoms with E-state index in [1.165, 1.54) is 19.5 Å². The fraction of sp³-hybridized carbons (Fsp3) is 0.400. The van der Waals surface area contributed by atoms with Gasteiger partial charge < -0.3 is 15.4 Å². The molecule has 0 radical (unpaired) electrons. The molecule has 0 aliphatic carbocycles. The number of nitrogens with zero attached hydrogens (tertiary/aromatic N) is 3. The third-order valence-electron chi connectivity index (χ3n) is 3.34. The molecule has 2 N–H and O–H groups in total. The Morgan fingerprint density at radius 3 is 2.96 bits per heavy atom. The average Bonchev–Trinajstić information content (AvgIpc) is 3.04. The van der Waals surface area contributed by atoms with Gasteiger partial charge in [0, 0.05) is 13.1 Å². The first-order valence-corrected chi connectivity index (χ1v) is 7.30. The lowest BCUT2D eigenvalue weighted by Gasteiger charge is -2.16. The highest BCUT2D eigenvalue weighted by Crippen LogP contribution is 2.21. The molecule has 0 saturated heterocycles. The smallest absolute Gasteiger partial charge is 0.315 e. The maximum atomic E-state index is 13.7. The first-order chi connectivity index (χ1) is 11.1. The molecule has 2 rings (SSSR count). The molecule has 0 unspecified atom stereocenters. The minimum atomic E-state index is -0.452. The largest absolute Gasteiger partial charge is 0.494 e.